The summed E-state index contributed by atoms with van der Waals surface area (Å²) in [6, 6.07) is 6.09. The summed E-state index contributed by atoms with van der Waals surface area (Å²) in [5, 5.41) is 20.1. The maximum atomic E-state index is 12.0. The second-order valence-corrected chi connectivity index (χ2v) is 4.20. The summed E-state index contributed by atoms with van der Waals surface area (Å²) in [5.74, 6) is -2.22. The Bertz CT molecular complexity index is 608. The highest BCUT2D eigenvalue weighted by atomic mass is 16.4. The largest absolute Gasteiger partial charge is 0.480 e. The molecule has 0 radical (unpaired) electrons. The van der Waals surface area contributed by atoms with Crippen molar-refractivity contribution in [2.75, 3.05) is 11.9 Å². The van der Waals surface area contributed by atoms with Crippen LogP contribution in [0.15, 0.2) is 24.3 Å². The molecule has 1 unspecified atom stereocenters. The molecule has 1 aromatic rings. The number of amides is 3. The zero-order valence-corrected chi connectivity index (χ0v) is 11.2. The first-order valence-corrected chi connectivity index (χ1v) is 5.91. The van der Waals surface area contributed by atoms with Gasteiger partial charge in [-0.3, -0.25) is 9.69 Å². The number of rotatable bonds is 5. The number of anilines is 1. The van der Waals surface area contributed by atoms with Gasteiger partial charge in [0.1, 0.15) is 12.1 Å². The number of nitrogens with two attached hydrogens (primary N) is 1. The van der Waals surface area contributed by atoms with E-state index in [0.717, 1.165) is 4.90 Å². The normalized spacial score (nSPS) is 11.0. The number of nitrogens with one attached hydrogen (secondary N) is 1. The van der Waals surface area contributed by atoms with E-state index in [1.54, 1.807) is 18.2 Å². The smallest absolute Gasteiger partial charge is 0.326 e. The number of hydrogen-bond acceptors (Lipinski definition) is 4. The number of urea groups is 1. The average molecular weight is 290 g/mol. The number of carboxylic acid groups (broad SMARTS) is 1. The Morgan fingerprint density at radius 2 is 2.05 bits per heavy atom. The number of para-hydroxylation sites is 1. The third kappa shape index (κ3) is 4.21. The predicted octanol–water partition coefficient (Wildman–Crippen LogP) is 0.0327. The van der Waals surface area contributed by atoms with Crippen molar-refractivity contribution in [3.8, 4) is 6.07 Å². The van der Waals surface area contributed by atoms with Crippen LogP contribution in [-0.2, 0) is 9.59 Å². The molecule has 4 N–H and O–H groups in total. The maximum Gasteiger partial charge on any atom is 0.326 e. The number of hydrogen-bond donors (Lipinski definition) is 3. The first-order chi connectivity index (χ1) is 9.86. The molecule has 21 heavy (non-hydrogen) atoms. The van der Waals surface area contributed by atoms with E-state index in [1.165, 1.54) is 13.1 Å². The quantitative estimate of drug-likeness (QED) is 0.702. The van der Waals surface area contributed by atoms with Crippen LogP contribution in [0.25, 0.3) is 0 Å². The van der Waals surface area contributed by atoms with Crippen molar-refractivity contribution in [3.63, 3.8) is 0 Å². The van der Waals surface area contributed by atoms with Crippen LogP contribution >= 0.6 is 0 Å². The molecular formula is C13H14N4O4. The number of aliphatic carboxylic acids is 1. The molecule has 0 fully saturated rings. The SMILES string of the molecule is CN(C(=O)NC(CC(N)=O)C(=O)O)c1ccccc1C#N. The first kappa shape index (κ1) is 16.0. The molecule has 0 aliphatic carbocycles. The number of carboxylic acids is 1. The molecule has 1 aromatic carbocycles. The number of primary amides is 1. The van der Waals surface area contributed by atoms with Gasteiger partial charge >= 0.3 is 12.0 Å². The van der Waals surface area contributed by atoms with Crippen molar-refractivity contribution in [1.29, 1.82) is 5.26 Å². The van der Waals surface area contributed by atoms with E-state index in [2.05, 4.69) is 5.32 Å². The molecule has 0 aliphatic rings. The van der Waals surface area contributed by atoms with Crippen LogP contribution in [0, 0.1) is 11.3 Å². The minimum Gasteiger partial charge on any atom is -0.480 e. The fourth-order valence-electron chi connectivity index (χ4n) is 1.62. The molecule has 0 aliphatic heterocycles. The minimum absolute atomic E-state index is 0.261. The van der Waals surface area contributed by atoms with Gasteiger partial charge in [-0.25, -0.2) is 9.59 Å². The van der Waals surface area contributed by atoms with E-state index in [1.807, 2.05) is 6.07 Å². The standard InChI is InChI=1S/C13H14N4O4/c1-17(10-5-3-2-4-8(10)7-14)13(21)16-9(12(19)20)6-11(15)18/h2-5,9H,6H2,1H3,(H2,15,18)(H,16,21)(H,19,20). The summed E-state index contributed by atoms with van der Waals surface area (Å²) in [7, 11) is 1.38. The Kier molecular flexibility index (Phi) is 5.25. The van der Waals surface area contributed by atoms with Gasteiger partial charge in [0.05, 0.1) is 17.7 Å². The van der Waals surface area contributed by atoms with Crippen LogP contribution in [0.3, 0.4) is 0 Å². The molecule has 0 heterocycles. The lowest BCUT2D eigenvalue weighted by molar-refractivity contribution is -0.140. The molecule has 1 rings (SSSR count). The molecule has 0 saturated heterocycles. The number of nitriles is 1. The van der Waals surface area contributed by atoms with E-state index in [4.69, 9.17) is 16.1 Å². The molecule has 1 atom stereocenters. The Morgan fingerprint density at radius 3 is 2.57 bits per heavy atom. The molecule has 8 heteroatoms. The van der Waals surface area contributed by atoms with Gasteiger partial charge in [0, 0.05) is 7.05 Å². The van der Waals surface area contributed by atoms with Crippen LogP contribution < -0.4 is 16.0 Å². The van der Waals surface area contributed by atoms with Crippen molar-refractivity contribution in [2.24, 2.45) is 5.73 Å². The second kappa shape index (κ2) is 6.91. The number of nitrogens with zero attached hydrogens (tertiary/aromatic N) is 2. The highest BCUT2D eigenvalue weighted by Gasteiger charge is 2.24. The molecule has 3 amide bonds. The van der Waals surface area contributed by atoms with Crippen LogP contribution in [0.1, 0.15) is 12.0 Å². The van der Waals surface area contributed by atoms with E-state index >= 15 is 0 Å². The number of benzene rings is 1. The first-order valence-electron chi connectivity index (χ1n) is 5.91. The molecule has 110 valence electrons. The molecule has 0 bridgehead atoms. The number of carbonyl (C=O) groups is 3. The molecule has 0 aromatic heterocycles. The van der Waals surface area contributed by atoms with Gasteiger partial charge in [-0.2, -0.15) is 5.26 Å². The van der Waals surface area contributed by atoms with Gasteiger partial charge in [-0.15, -0.1) is 0 Å². The fourth-order valence-corrected chi connectivity index (χ4v) is 1.62. The van der Waals surface area contributed by atoms with Crippen LogP contribution in [-0.4, -0.2) is 36.1 Å². The second-order valence-electron chi connectivity index (χ2n) is 4.20. The Morgan fingerprint density at radius 1 is 1.43 bits per heavy atom. The molecule has 0 saturated carbocycles. The van der Waals surface area contributed by atoms with Crippen molar-refractivity contribution in [3.05, 3.63) is 29.8 Å². The summed E-state index contributed by atoms with van der Waals surface area (Å²) >= 11 is 0. The van der Waals surface area contributed by atoms with Gasteiger partial charge in [0.2, 0.25) is 5.91 Å². The zero-order valence-electron chi connectivity index (χ0n) is 11.2. The van der Waals surface area contributed by atoms with Crippen molar-refractivity contribution in [1.82, 2.24) is 5.32 Å². The van der Waals surface area contributed by atoms with E-state index < -0.39 is 30.4 Å². The van der Waals surface area contributed by atoms with Gasteiger partial charge in [-0.05, 0) is 12.1 Å². The van der Waals surface area contributed by atoms with Gasteiger partial charge in [-0.1, -0.05) is 12.1 Å². The molecule has 8 nitrogen and oxygen atoms in total. The Hall–Kier alpha value is -3.08. The third-order valence-corrected chi connectivity index (χ3v) is 2.69. The van der Waals surface area contributed by atoms with Gasteiger partial charge in [0.25, 0.3) is 0 Å². The van der Waals surface area contributed by atoms with E-state index in [0.29, 0.717) is 5.69 Å². The summed E-state index contributed by atoms with van der Waals surface area (Å²) in [6.07, 6.45) is -0.519. The van der Waals surface area contributed by atoms with Gasteiger partial charge in [0.15, 0.2) is 0 Å². The number of carbonyl (C=O) groups excluding carboxylic acids is 2. The fraction of sp³-hybridized carbons (Fsp3) is 0.231. The lowest BCUT2D eigenvalue weighted by Crippen LogP contribution is -2.48. The molecule has 0 spiro atoms. The van der Waals surface area contributed by atoms with Crippen molar-refractivity contribution >= 4 is 23.6 Å². The third-order valence-electron chi connectivity index (χ3n) is 2.69. The lowest BCUT2D eigenvalue weighted by atomic mass is 10.2. The predicted molar refractivity (Wildman–Crippen MR) is 73.3 cm³/mol. The topological polar surface area (TPSA) is 137 Å². The van der Waals surface area contributed by atoms with E-state index in [9.17, 15) is 14.4 Å². The Balaban J connectivity index is 2.89. The summed E-state index contributed by atoms with van der Waals surface area (Å²) < 4.78 is 0. The minimum atomic E-state index is -1.42. The molecular weight excluding hydrogens is 276 g/mol. The summed E-state index contributed by atoms with van der Waals surface area (Å²) in [4.78, 5) is 34.8. The Labute approximate surface area is 120 Å². The van der Waals surface area contributed by atoms with Crippen molar-refractivity contribution in [2.45, 2.75) is 12.5 Å². The van der Waals surface area contributed by atoms with Crippen LogP contribution in [0.2, 0.25) is 0 Å². The van der Waals surface area contributed by atoms with Gasteiger partial charge < -0.3 is 16.2 Å². The summed E-state index contributed by atoms with van der Waals surface area (Å²) in [6.45, 7) is 0. The highest BCUT2D eigenvalue weighted by Crippen LogP contribution is 2.18. The zero-order chi connectivity index (χ0) is 16.0. The highest BCUT2D eigenvalue weighted by molar-refractivity contribution is 5.96. The van der Waals surface area contributed by atoms with Crippen LogP contribution in [0.5, 0.6) is 0 Å². The monoisotopic (exact) mass is 290 g/mol. The maximum absolute atomic E-state index is 12.0. The van der Waals surface area contributed by atoms with Crippen molar-refractivity contribution < 1.29 is 19.5 Å². The lowest BCUT2D eigenvalue weighted by Gasteiger charge is -2.21. The average Bonchev–Trinajstić information content (AvgIpc) is 2.45. The van der Waals surface area contributed by atoms with Crippen LogP contribution in [0.4, 0.5) is 10.5 Å². The summed E-state index contributed by atoms with van der Waals surface area (Å²) in [5.41, 5.74) is 5.51. The van der Waals surface area contributed by atoms with E-state index in [-0.39, 0.29) is 5.56 Å².